The number of hydrogen-bond donors (Lipinski definition) is 2. The summed E-state index contributed by atoms with van der Waals surface area (Å²) >= 11 is 0. The summed E-state index contributed by atoms with van der Waals surface area (Å²) in [6, 6.07) is 0.538. The van der Waals surface area contributed by atoms with E-state index in [1.54, 1.807) is 5.32 Å². The summed E-state index contributed by atoms with van der Waals surface area (Å²) in [5, 5.41) is 18.1. The van der Waals surface area contributed by atoms with E-state index in [1.165, 1.54) is 6.92 Å². The quantitative estimate of drug-likeness (QED) is 0.620. The molecule has 12 heavy (non-hydrogen) atoms. The second-order valence-electron chi connectivity index (χ2n) is 2.25. The van der Waals surface area contributed by atoms with Crippen molar-refractivity contribution in [1.29, 1.82) is 5.26 Å². The molecule has 0 aromatic heterocycles. The summed E-state index contributed by atoms with van der Waals surface area (Å²) in [6.45, 7) is 1.03. The molecule has 0 spiro atoms. The van der Waals surface area contributed by atoms with Crippen LogP contribution in [0.25, 0.3) is 0 Å². The molecular weight excluding hydrogens is 170 g/mol. The lowest BCUT2D eigenvalue weighted by atomic mass is 10.3. The molecule has 1 atom stereocenters. The lowest BCUT2D eigenvalue weighted by Crippen LogP contribution is -2.41. The van der Waals surface area contributed by atoms with E-state index in [9.17, 15) is 13.6 Å². The summed E-state index contributed by atoms with van der Waals surface area (Å²) in [4.78, 5) is 10.4. The van der Waals surface area contributed by atoms with Gasteiger partial charge in [0.05, 0.1) is 6.10 Å². The molecule has 1 amide bonds. The number of carbonyl (C=O) groups excluding carboxylic acids is 1. The number of nitriles is 1. The summed E-state index contributed by atoms with van der Waals surface area (Å²) in [5.74, 6) is -5.71. The number of aliphatic hydroxyl groups is 1. The van der Waals surface area contributed by atoms with E-state index in [4.69, 9.17) is 10.4 Å². The highest BCUT2D eigenvalue weighted by Gasteiger charge is 2.38. The van der Waals surface area contributed by atoms with Crippen LogP contribution in [0.2, 0.25) is 0 Å². The van der Waals surface area contributed by atoms with Crippen molar-refractivity contribution >= 4 is 5.91 Å². The SMILES string of the molecule is CC(O)CNC(=O)C(F)(F)C#N. The van der Waals surface area contributed by atoms with Crippen molar-refractivity contribution in [3.63, 3.8) is 0 Å². The third-order valence-corrected chi connectivity index (χ3v) is 0.984. The van der Waals surface area contributed by atoms with Crippen LogP contribution in [-0.2, 0) is 4.79 Å². The highest BCUT2D eigenvalue weighted by molar-refractivity contribution is 5.86. The van der Waals surface area contributed by atoms with Crippen LogP contribution in [0, 0.1) is 11.3 Å². The molecule has 0 heterocycles. The van der Waals surface area contributed by atoms with Crippen LogP contribution in [0.3, 0.4) is 0 Å². The molecular formula is C6H8F2N2O2. The van der Waals surface area contributed by atoms with Crippen molar-refractivity contribution in [2.24, 2.45) is 0 Å². The molecule has 0 bridgehead atoms. The number of alkyl halides is 2. The molecule has 0 fully saturated rings. The number of aliphatic hydroxyl groups excluding tert-OH is 1. The maximum absolute atomic E-state index is 12.1. The van der Waals surface area contributed by atoms with Gasteiger partial charge in [0.25, 0.3) is 0 Å². The van der Waals surface area contributed by atoms with Gasteiger partial charge in [0.1, 0.15) is 6.07 Å². The van der Waals surface area contributed by atoms with Gasteiger partial charge in [-0.2, -0.15) is 14.0 Å². The first-order valence-corrected chi connectivity index (χ1v) is 3.15. The minimum absolute atomic E-state index is 0.296. The molecule has 0 rings (SSSR count). The number of nitrogens with zero attached hydrogens (tertiary/aromatic N) is 1. The van der Waals surface area contributed by atoms with Crippen LogP contribution in [0.15, 0.2) is 0 Å². The zero-order valence-corrected chi connectivity index (χ0v) is 6.34. The van der Waals surface area contributed by atoms with Crippen molar-refractivity contribution in [2.75, 3.05) is 6.54 Å². The first-order chi connectivity index (χ1) is 5.40. The number of carbonyl (C=O) groups is 1. The van der Waals surface area contributed by atoms with Crippen molar-refractivity contribution in [3.05, 3.63) is 0 Å². The Bertz CT molecular complexity index is 210. The van der Waals surface area contributed by atoms with Gasteiger partial charge in [0.2, 0.25) is 0 Å². The molecule has 0 saturated heterocycles. The number of nitrogens with one attached hydrogen (secondary N) is 1. The van der Waals surface area contributed by atoms with E-state index in [2.05, 4.69) is 0 Å². The van der Waals surface area contributed by atoms with Crippen molar-refractivity contribution in [1.82, 2.24) is 5.32 Å². The number of rotatable bonds is 3. The second-order valence-corrected chi connectivity index (χ2v) is 2.25. The Morgan fingerprint density at radius 3 is 2.67 bits per heavy atom. The molecule has 2 N–H and O–H groups in total. The largest absolute Gasteiger partial charge is 0.408 e. The van der Waals surface area contributed by atoms with E-state index in [-0.39, 0.29) is 6.54 Å². The fraction of sp³-hybridized carbons (Fsp3) is 0.667. The van der Waals surface area contributed by atoms with E-state index in [1.807, 2.05) is 0 Å². The van der Waals surface area contributed by atoms with E-state index in [0.29, 0.717) is 6.07 Å². The normalized spacial score (nSPS) is 13.2. The molecule has 4 nitrogen and oxygen atoms in total. The summed E-state index contributed by atoms with van der Waals surface area (Å²) in [7, 11) is 0. The minimum atomic E-state index is -4.02. The maximum atomic E-state index is 12.1. The topological polar surface area (TPSA) is 73.1 Å². The van der Waals surface area contributed by atoms with Crippen LogP contribution in [0.4, 0.5) is 8.78 Å². The second kappa shape index (κ2) is 3.97. The Morgan fingerprint density at radius 1 is 1.83 bits per heavy atom. The predicted molar refractivity (Wildman–Crippen MR) is 35.3 cm³/mol. The van der Waals surface area contributed by atoms with E-state index in [0.717, 1.165) is 0 Å². The molecule has 0 aromatic rings. The molecule has 0 radical (unpaired) electrons. The lowest BCUT2D eigenvalue weighted by Gasteiger charge is -2.09. The first kappa shape index (κ1) is 10.8. The molecule has 0 aliphatic carbocycles. The van der Waals surface area contributed by atoms with Crippen LogP contribution < -0.4 is 5.32 Å². The average molecular weight is 178 g/mol. The zero-order valence-electron chi connectivity index (χ0n) is 6.34. The molecule has 68 valence electrons. The third kappa shape index (κ3) is 3.25. The Kier molecular flexibility index (Phi) is 3.57. The molecule has 0 aliphatic heterocycles. The van der Waals surface area contributed by atoms with Crippen molar-refractivity contribution in [2.45, 2.75) is 19.0 Å². The maximum Gasteiger partial charge on any atom is 0.408 e. The number of amides is 1. The third-order valence-electron chi connectivity index (χ3n) is 0.984. The fourth-order valence-corrected chi connectivity index (χ4v) is 0.402. The number of halogens is 2. The lowest BCUT2D eigenvalue weighted by molar-refractivity contribution is -0.138. The van der Waals surface area contributed by atoms with Crippen molar-refractivity contribution < 1.29 is 18.7 Å². The predicted octanol–water partition coefficient (Wildman–Crippen LogP) is -0.358. The highest BCUT2D eigenvalue weighted by Crippen LogP contribution is 2.10. The Morgan fingerprint density at radius 2 is 2.33 bits per heavy atom. The summed E-state index contributed by atoms with van der Waals surface area (Å²) < 4.78 is 24.3. The van der Waals surface area contributed by atoms with Gasteiger partial charge < -0.3 is 10.4 Å². The van der Waals surface area contributed by atoms with Crippen LogP contribution in [0.5, 0.6) is 0 Å². The smallest absolute Gasteiger partial charge is 0.392 e. The minimum Gasteiger partial charge on any atom is -0.392 e. The van der Waals surface area contributed by atoms with Crippen LogP contribution in [-0.4, -0.2) is 29.6 Å². The van der Waals surface area contributed by atoms with Gasteiger partial charge in [-0.25, -0.2) is 0 Å². The number of hydrogen-bond acceptors (Lipinski definition) is 3. The summed E-state index contributed by atoms with van der Waals surface area (Å²) in [6.07, 6.45) is -0.913. The Balaban J connectivity index is 3.99. The fourth-order valence-electron chi connectivity index (χ4n) is 0.402. The standard InChI is InChI=1S/C6H8F2N2O2/c1-4(11)2-10-5(12)6(7,8)3-9/h4,11H,2H2,1H3,(H,10,12). The molecule has 0 saturated carbocycles. The van der Waals surface area contributed by atoms with Gasteiger partial charge in [-0.05, 0) is 6.92 Å². The van der Waals surface area contributed by atoms with Gasteiger partial charge in [-0.15, -0.1) is 0 Å². The van der Waals surface area contributed by atoms with Crippen molar-refractivity contribution in [3.8, 4) is 6.07 Å². The van der Waals surface area contributed by atoms with Crippen LogP contribution >= 0.6 is 0 Å². The van der Waals surface area contributed by atoms with E-state index < -0.39 is 17.9 Å². The van der Waals surface area contributed by atoms with Gasteiger partial charge in [-0.3, -0.25) is 4.79 Å². The zero-order chi connectivity index (χ0) is 9.78. The van der Waals surface area contributed by atoms with Gasteiger partial charge >= 0.3 is 11.8 Å². The first-order valence-electron chi connectivity index (χ1n) is 3.15. The Hall–Kier alpha value is -1.22. The van der Waals surface area contributed by atoms with Gasteiger partial charge in [-0.1, -0.05) is 0 Å². The van der Waals surface area contributed by atoms with E-state index >= 15 is 0 Å². The molecule has 0 aromatic carbocycles. The van der Waals surface area contributed by atoms with Crippen LogP contribution in [0.1, 0.15) is 6.92 Å². The molecule has 6 heteroatoms. The highest BCUT2D eigenvalue weighted by atomic mass is 19.3. The van der Waals surface area contributed by atoms with Gasteiger partial charge in [0.15, 0.2) is 0 Å². The molecule has 1 unspecified atom stereocenters. The Labute approximate surface area is 67.8 Å². The summed E-state index contributed by atoms with van der Waals surface area (Å²) in [5.41, 5.74) is 0. The monoisotopic (exact) mass is 178 g/mol. The average Bonchev–Trinajstić information content (AvgIpc) is 2.00. The van der Waals surface area contributed by atoms with Gasteiger partial charge in [0, 0.05) is 6.54 Å². The molecule has 0 aliphatic rings.